The lowest BCUT2D eigenvalue weighted by Gasteiger charge is -2.25. The van der Waals surface area contributed by atoms with Crippen molar-refractivity contribution < 1.29 is 18.3 Å². The van der Waals surface area contributed by atoms with Crippen LogP contribution < -0.4 is 10.1 Å². The molecule has 1 atom stereocenters. The second kappa shape index (κ2) is 6.25. The van der Waals surface area contributed by atoms with Crippen LogP contribution in [0.5, 0.6) is 5.75 Å². The number of carbonyl (C=O) groups is 1. The Morgan fingerprint density at radius 1 is 1.19 bits per heavy atom. The minimum Gasteiger partial charge on any atom is -0.497 e. The number of benzene rings is 2. The van der Waals surface area contributed by atoms with Crippen LogP contribution in [-0.2, 0) is 4.79 Å². The Morgan fingerprint density at radius 3 is 2.81 bits per heavy atom. The fourth-order valence-corrected chi connectivity index (χ4v) is 3.22. The third kappa shape index (κ3) is 2.71. The van der Waals surface area contributed by atoms with Crippen LogP contribution >= 0.6 is 0 Å². The van der Waals surface area contributed by atoms with Gasteiger partial charge in [0.2, 0.25) is 5.91 Å². The lowest BCUT2D eigenvalue weighted by molar-refractivity contribution is -0.116. The molecule has 26 heavy (non-hydrogen) atoms. The highest BCUT2D eigenvalue weighted by molar-refractivity contribution is 5.94. The quantitative estimate of drug-likeness (QED) is 0.781. The van der Waals surface area contributed by atoms with Crippen LogP contribution in [0.15, 0.2) is 48.8 Å². The zero-order chi connectivity index (χ0) is 18.3. The summed E-state index contributed by atoms with van der Waals surface area (Å²) >= 11 is 0. The lowest BCUT2D eigenvalue weighted by atomic mass is 9.89. The molecule has 1 aliphatic heterocycles. The first-order chi connectivity index (χ1) is 12.6. The highest BCUT2D eigenvalue weighted by atomic mass is 19.2. The van der Waals surface area contributed by atoms with Gasteiger partial charge >= 0.3 is 0 Å². The Bertz CT molecular complexity index is 1000. The van der Waals surface area contributed by atoms with Crippen molar-refractivity contribution in [3.63, 3.8) is 0 Å². The fourth-order valence-electron chi connectivity index (χ4n) is 3.22. The Hall–Kier alpha value is -3.22. The summed E-state index contributed by atoms with van der Waals surface area (Å²) in [5.74, 6) is -1.43. The van der Waals surface area contributed by atoms with E-state index in [1.807, 2.05) is 28.8 Å². The zero-order valence-corrected chi connectivity index (χ0v) is 13.9. The first-order valence-corrected chi connectivity index (χ1v) is 8.03. The van der Waals surface area contributed by atoms with E-state index in [0.717, 1.165) is 17.8 Å². The van der Waals surface area contributed by atoms with E-state index in [4.69, 9.17) is 4.74 Å². The van der Waals surface area contributed by atoms with Gasteiger partial charge in [-0.25, -0.2) is 13.8 Å². The smallest absolute Gasteiger partial charge is 0.226 e. The minimum atomic E-state index is -0.942. The molecule has 0 saturated heterocycles. The normalized spacial score (nSPS) is 16.1. The summed E-state index contributed by atoms with van der Waals surface area (Å²) in [5, 5.41) is 2.73. The van der Waals surface area contributed by atoms with Crippen LogP contribution in [0.2, 0.25) is 0 Å². The Balaban J connectivity index is 1.86. The Kier molecular flexibility index (Phi) is 3.91. The van der Waals surface area contributed by atoms with E-state index in [0.29, 0.717) is 22.8 Å². The van der Waals surface area contributed by atoms with Gasteiger partial charge in [0, 0.05) is 18.4 Å². The molecule has 1 aromatic heterocycles. The second-order valence-corrected chi connectivity index (χ2v) is 6.03. The number of aromatic nitrogens is 2. The van der Waals surface area contributed by atoms with E-state index in [1.165, 1.54) is 6.07 Å². The number of amides is 1. The predicted octanol–water partition coefficient (Wildman–Crippen LogP) is 3.63. The summed E-state index contributed by atoms with van der Waals surface area (Å²) in [6, 6.07) is 11.1. The molecule has 7 heteroatoms. The molecular formula is C19H15F2N3O2. The molecule has 3 aromatic rings. The van der Waals surface area contributed by atoms with Gasteiger partial charge in [0.05, 0.1) is 18.5 Å². The van der Waals surface area contributed by atoms with Gasteiger partial charge in [0.25, 0.3) is 0 Å². The number of ether oxygens (including phenoxy) is 1. The molecule has 0 bridgehead atoms. The fraction of sp³-hybridized carbons (Fsp3) is 0.158. The molecule has 4 rings (SSSR count). The first kappa shape index (κ1) is 16.3. The minimum absolute atomic E-state index is 0.119. The molecule has 0 fully saturated rings. The first-order valence-electron chi connectivity index (χ1n) is 8.03. The number of carbonyl (C=O) groups excluding carboxylic acids is 1. The third-order valence-electron chi connectivity index (χ3n) is 4.46. The van der Waals surface area contributed by atoms with Crippen molar-refractivity contribution in [2.75, 3.05) is 12.4 Å². The SMILES string of the molecule is COc1cccc(-n2cnc3c2[C@@H](c2ccc(F)c(F)c2)CC(=O)N3)c1. The van der Waals surface area contributed by atoms with Crippen molar-refractivity contribution in [1.29, 1.82) is 0 Å². The number of anilines is 1. The van der Waals surface area contributed by atoms with Gasteiger partial charge in [-0.05, 0) is 29.8 Å². The van der Waals surface area contributed by atoms with E-state index in [2.05, 4.69) is 10.3 Å². The highest BCUT2D eigenvalue weighted by Gasteiger charge is 2.31. The van der Waals surface area contributed by atoms with Crippen LogP contribution in [0.3, 0.4) is 0 Å². The monoisotopic (exact) mass is 355 g/mol. The van der Waals surface area contributed by atoms with Crippen molar-refractivity contribution in [3.05, 3.63) is 71.7 Å². The van der Waals surface area contributed by atoms with Crippen LogP contribution in [0, 0.1) is 11.6 Å². The number of nitrogens with one attached hydrogen (secondary N) is 1. The van der Waals surface area contributed by atoms with Crippen LogP contribution in [-0.4, -0.2) is 22.6 Å². The number of fused-ring (bicyclic) bond motifs is 1. The van der Waals surface area contributed by atoms with Crippen molar-refractivity contribution in [2.24, 2.45) is 0 Å². The van der Waals surface area contributed by atoms with Crippen LogP contribution in [0.4, 0.5) is 14.6 Å². The predicted molar refractivity (Wildman–Crippen MR) is 91.6 cm³/mol. The molecule has 5 nitrogen and oxygen atoms in total. The number of methoxy groups -OCH3 is 1. The van der Waals surface area contributed by atoms with Gasteiger partial charge in [-0.3, -0.25) is 4.79 Å². The summed E-state index contributed by atoms with van der Waals surface area (Å²) in [4.78, 5) is 16.3. The van der Waals surface area contributed by atoms with E-state index in [1.54, 1.807) is 13.4 Å². The molecule has 0 aliphatic carbocycles. The number of hydrogen-bond acceptors (Lipinski definition) is 3. The Morgan fingerprint density at radius 2 is 2.04 bits per heavy atom. The lowest BCUT2D eigenvalue weighted by Crippen LogP contribution is -2.25. The van der Waals surface area contributed by atoms with E-state index < -0.39 is 17.6 Å². The maximum Gasteiger partial charge on any atom is 0.226 e. The van der Waals surface area contributed by atoms with Crippen LogP contribution in [0.1, 0.15) is 23.6 Å². The molecule has 2 heterocycles. The average Bonchev–Trinajstić information content (AvgIpc) is 3.07. The molecule has 1 aliphatic rings. The summed E-state index contributed by atoms with van der Waals surface area (Å²) in [7, 11) is 1.58. The molecule has 0 radical (unpaired) electrons. The highest BCUT2D eigenvalue weighted by Crippen LogP contribution is 2.38. The van der Waals surface area contributed by atoms with Gasteiger partial charge in [-0.2, -0.15) is 0 Å². The number of hydrogen-bond donors (Lipinski definition) is 1. The number of nitrogens with zero attached hydrogens (tertiary/aromatic N) is 2. The molecule has 2 aromatic carbocycles. The van der Waals surface area contributed by atoms with Gasteiger partial charge in [-0.15, -0.1) is 0 Å². The molecule has 0 unspecified atom stereocenters. The molecular weight excluding hydrogens is 340 g/mol. The van der Waals surface area contributed by atoms with E-state index in [-0.39, 0.29) is 12.3 Å². The second-order valence-electron chi connectivity index (χ2n) is 6.03. The molecule has 0 saturated carbocycles. The maximum absolute atomic E-state index is 13.7. The average molecular weight is 355 g/mol. The number of halogens is 2. The molecule has 1 amide bonds. The van der Waals surface area contributed by atoms with Gasteiger partial charge in [-0.1, -0.05) is 12.1 Å². The van der Waals surface area contributed by atoms with Gasteiger partial charge < -0.3 is 14.6 Å². The summed E-state index contributed by atoms with van der Waals surface area (Å²) in [6.45, 7) is 0. The number of rotatable bonds is 3. The Labute approximate surface area is 148 Å². The van der Waals surface area contributed by atoms with Crippen LogP contribution in [0.25, 0.3) is 5.69 Å². The van der Waals surface area contributed by atoms with Crippen molar-refractivity contribution >= 4 is 11.7 Å². The number of imidazole rings is 1. The standard InChI is InChI=1S/C19H15F2N3O2/c1-26-13-4-2-3-12(8-13)24-10-22-19-18(24)14(9-17(25)23-19)11-5-6-15(20)16(21)7-11/h2-8,10,14H,9H2,1H3,(H,23,25)/t14-/m1/s1. The zero-order valence-electron chi connectivity index (χ0n) is 13.9. The van der Waals surface area contributed by atoms with Crippen molar-refractivity contribution in [2.45, 2.75) is 12.3 Å². The van der Waals surface area contributed by atoms with Gasteiger partial charge in [0.15, 0.2) is 17.5 Å². The van der Waals surface area contributed by atoms with Crippen molar-refractivity contribution in [3.8, 4) is 11.4 Å². The molecule has 132 valence electrons. The topological polar surface area (TPSA) is 56.2 Å². The van der Waals surface area contributed by atoms with Crippen molar-refractivity contribution in [1.82, 2.24) is 9.55 Å². The third-order valence-corrected chi connectivity index (χ3v) is 4.46. The van der Waals surface area contributed by atoms with E-state index in [9.17, 15) is 13.6 Å². The molecule has 1 N–H and O–H groups in total. The summed E-state index contributed by atoms with van der Waals surface area (Å²) in [5.41, 5.74) is 2.02. The largest absolute Gasteiger partial charge is 0.497 e. The molecule has 0 spiro atoms. The van der Waals surface area contributed by atoms with Gasteiger partial charge in [0.1, 0.15) is 12.1 Å². The van der Waals surface area contributed by atoms with E-state index >= 15 is 0 Å². The maximum atomic E-state index is 13.7. The summed E-state index contributed by atoms with van der Waals surface area (Å²) < 4.78 is 34.1. The summed E-state index contributed by atoms with van der Waals surface area (Å²) in [6.07, 6.45) is 1.71.